The van der Waals surface area contributed by atoms with Gasteiger partial charge in [0.1, 0.15) is 0 Å². The highest BCUT2D eigenvalue weighted by atomic mass is 16.1. The molecule has 0 spiro atoms. The van der Waals surface area contributed by atoms with Crippen molar-refractivity contribution in [3.05, 3.63) is 65.7 Å². The fourth-order valence-corrected chi connectivity index (χ4v) is 2.67. The average molecular weight is 266 g/mol. The van der Waals surface area contributed by atoms with Gasteiger partial charge in [0.05, 0.1) is 0 Å². The molecular formula is C17H18N2O. The molecule has 102 valence electrons. The first-order chi connectivity index (χ1) is 9.83. The lowest BCUT2D eigenvalue weighted by Gasteiger charge is -2.25. The van der Waals surface area contributed by atoms with E-state index in [0.717, 1.165) is 18.8 Å². The monoisotopic (exact) mass is 266 g/mol. The van der Waals surface area contributed by atoms with E-state index in [2.05, 4.69) is 28.8 Å². The molecule has 3 rings (SSSR count). The van der Waals surface area contributed by atoms with Gasteiger partial charge in [-0.2, -0.15) is 0 Å². The normalized spacial score (nSPS) is 17.4. The van der Waals surface area contributed by atoms with E-state index in [1.165, 1.54) is 11.1 Å². The minimum absolute atomic E-state index is 0.107. The van der Waals surface area contributed by atoms with E-state index in [1.54, 1.807) is 0 Å². The van der Waals surface area contributed by atoms with Gasteiger partial charge in [0.2, 0.25) is 5.91 Å². The first-order valence-electron chi connectivity index (χ1n) is 6.96. The van der Waals surface area contributed by atoms with Crippen LogP contribution in [0.3, 0.4) is 0 Å². The van der Waals surface area contributed by atoms with E-state index in [0.29, 0.717) is 6.42 Å². The number of hydrogen-bond donors (Lipinski definition) is 2. The number of anilines is 1. The molecule has 0 bridgehead atoms. The maximum absolute atomic E-state index is 11.7. The third-order valence-electron chi connectivity index (χ3n) is 3.67. The predicted molar refractivity (Wildman–Crippen MR) is 80.6 cm³/mol. The lowest BCUT2D eigenvalue weighted by atomic mass is 9.90. The Hall–Kier alpha value is -2.13. The fourth-order valence-electron chi connectivity index (χ4n) is 2.67. The second kappa shape index (κ2) is 5.88. The minimum Gasteiger partial charge on any atom is -0.326 e. The number of hydrogen-bond acceptors (Lipinski definition) is 2. The molecule has 1 amide bonds. The quantitative estimate of drug-likeness (QED) is 0.893. The lowest BCUT2D eigenvalue weighted by molar-refractivity contribution is -0.116. The molecule has 20 heavy (non-hydrogen) atoms. The maximum atomic E-state index is 11.7. The van der Waals surface area contributed by atoms with Crippen molar-refractivity contribution in [3.8, 4) is 0 Å². The summed E-state index contributed by atoms with van der Waals surface area (Å²) in [7, 11) is 0. The Labute approximate surface area is 119 Å². The summed E-state index contributed by atoms with van der Waals surface area (Å²) in [4.78, 5) is 11.7. The number of rotatable bonds is 4. The van der Waals surface area contributed by atoms with Crippen molar-refractivity contribution in [3.63, 3.8) is 0 Å². The zero-order chi connectivity index (χ0) is 13.8. The molecular weight excluding hydrogens is 248 g/mol. The van der Waals surface area contributed by atoms with Crippen LogP contribution in [-0.2, 0) is 11.3 Å². The Bertz CT molecular complexity index is 595. The topological polar surface area (TPSA) is 41.1 Å². The molecule has 1 heterocycles. The molecule has 0 saturated heterocycles. The van der Waals surface area contributed by atoms with Gasteiger partial charge in [0.25, 0.3) is 0 Å². The lowest BCUT2D eigenvalue weighted by Crippen LogP contribution is -2.29. The van der Waals surface area contributed by atoms with Crippen LogP contribution in [0.1, 0.15) is 23.5 Å². The Kier molecular flexibility index (Phi) is 3.79. The van der Waals surface area contributed by atoms with Crippen LogP contribution in [0.4, 0.5) is 5.69 Å². The van der Waals surface area contributed by atoms with Gasteiger partial charge in [-0.3, -0.25) is 4.79 Å². The van der Waals surface area contributed by atoms with E-state index in [9.17, 15) is 4.79 Å². The summed E-state index contributed by atoms with van der Waals surface area (Å²) < 4.78 is 0. The number of carbonyl (C=O) groups is 1. The number of fused-ring (bicyclic) bond motifs is 1. The fraction of sp³-hybridized carbons (Fsp3) is 0.235. The SMILES string of the molecule is O=C1C[C@@H](CNCc2ccccc2)c2ccccc2N1. The van der Waals surface area contributed by atoms with Crippen molar-refractivity contribution in [2.75, 3.05) is 11.9 Å². The highest BCUT2D eigenvalue weighted by Crippen LogP contribution is 2.31. The second-order valence-corrected chi connectivity index (χ2v) is 5.15. The Morgan fingerprint density at radius 3 is 2.65 bits per heavy atom. The van der Waals surface area contributed by atoms with E-state index < -0.39 is 0 Å². The zero-order valence-electron chi connectivity index (χ0n) is 11.3. The zero-order valence-corrected chi connectivity index (χ0v) is 11.3. The van der Waals surface area contributed by atoms with Gasteiger partial charge in [-0.25, -0.2) is 0 Å². The second-order valence-electron chi connectivity index (χ2n) is 5.15. The molecule has 0 unspecified atom stereocenters. The maximum Gasteiger partial charge on any atom is 0.225 e. The summed E-state index contributed by atoms with van der Waals surface area (Å²) >= 11 is 0. The highest BCUT2D eigenvalue weighted by molar-refractivity contribution is 5.94. The molecule has 0 radical (unpaired) electrons. The van der Waals surface area contributed by atoms with Crippen LogP contribution < -0.4 is 10.6 Å². The smallest absolute Gasteiger partial charge is 0.225 e. The Morgan fingerprint density at radius 1 is 1.05 bits per heavy atom. The van der Waals surface area contributed by atoms with Crippen LogP contribution in [0.25, 0.3) is 0 Å². The van der Waals surface area contributed by atoms with Crippen LogP contribution in [0.2, 0.25) is 0 Å². The van der Waals surface area contributed by atoms with Crippen molar-refractivity contribution >= 4 is 11.6 Å². The molecule has 3 nitrogen and oxygen atoms in total. The number of para-hydroxylation sites is 1. The average Bonchev–Trinajstić information content (AvgIpc) is 2.48. The van der Waals surface area contributed by atoms with Crippen LogP contribution in [0.5, 0.6) is 0 Å². The highest BCUT2D eigenvalue weighted by Gasteiger charge is 2.24. The van der Waals surface area contributed by atoms with E-state index in [4.69, 9.17) is 0 Å². The van der Waals surface area contributed by atoms with Crippen LogP contribution in [0.15, 0.2) is 54.6 Å². The van der Waals surface area contributed by atoms with Gasteiger partial charge in [-0.1, -0.05) is 48.5 Å². The Balaban J connectivity index is 1.64. The molecule has 1 aliphatic rings. The molecule has 3 heteroatoms. The third-order valence-corrected chi connectivity index (χ3v) is 3.67. The van der Waals surface area contributed by atoms with Gasteiger partial charge >= 0.3 is 0 Å². The van der Waals surface area contributed by atoms with Gasteiger partial charge in [0.15, 0.2) is 0 Å². The van der Waals surface area contributed by atoms with Gasteiger partial charge in [0, 0.05) is 31.1 Å². The molecule has 1 atom stereocenters. The number of amides is 1. The van der Waals surface area contributed by atoms with Crippen molar-refractivity contribution in [1.29, 1.82) is 0 Å². The number of carbonyl (C=O) groups excluding carboxylic acids is 1. The summed E-state index contributed by atoms with van der Waals surface area (Å²) in [5, 5.41) is 6.38. The molecule has 0 saturated carbocycles. The Morgan fingerprint density at radius 2 is 1.80 bits per heavy atom. The number of nitrogens with one attached hydrogen (secondary N) is 2. The van der Waals surface area contributed by atoms with Crippen molar-refractivity contribution in [2.45, 2.75) is 18.9 Å². The van der Waals surface area contributed by atoms with Crippen molar-refractivity contribution < 1.29 is 4.79 Å². The molecule has 2 aromatic carbocycles. The van der Waals surface area contributed by atoms with Gasteiger partial charge < -0.3 is 10.6 Å². The van der Waals surface area contributed by atoms with E-state index >= 15 is 0 Å². The molecule has 0 aliphatic carbocycles. The molecule has 2 aromatic rings. The predicted octanol–water partition coefficient (Wildman–Crippen LogP) is 2.90. The van der Waals surface area contributed by atoms with E-state index in [1.807, 2.05) is 36.4 Å². The first-order valence-corrected chi connectivity index (χ1v) is 6.96. The van der Waals surface area contributed by atoms with Crippen molar-refractivity contribution in [1.82, 2.24) is 5.32 Å². The van der Waals surface area contributed by atoms with Crippen LogP contribution in [0, 0.1) is 0 Å². The van der Waals surface area contributed by atoms with Crippen molar-refractivity contribution in [2.24, 2.45) is 0 Å². The van der Waals surface area contributed by atoms with Gasteiger partial charge in [-0.15, -0.1) is 0 Å². The summed E-state index contributed by atoms with van der Waals surface area (Å²) in [5.74, 6) is 0.360. The molecule has 0 aromatic heterocycles. The summed E-state index contributed by atoms with van der Waals surface area (Å²) in [6, 6.07) is 18.4. The molecule has 2 N–H and O–H groups in total. The summed E-state index contributed by atoms with van der Waals surface area (Å²) in [5.41, 5.74) is 3.45. The van der Waals surface area contributed by atoms with Gasteiger partial charge in [-0.05, 0) is 17.2 Å². The number of benzene rings is 2. The van der Waals surface area contributed by atoms with Crippen LogP contribution in [-0.4, -0.2) is 12.5 Å². The molecule has 0 fully saturated rings. The summed E-state index contributed by atoms with van der Waals surface area (Å²) in [6.45, 7) is 1.65. The largest absolute Gasteiger partial charge is 0.326 e. The minimum atomic E-state index is 0.107. The standard InChI is InChI=1S/C17H18N2O/c20-17-10-14(15-8-4-5-9-16(15)19-17)12-18-11-13-6-2-1-3-7-13/h1-9,14,18H,10-12H2,(H,19,20)/t14-/m0/s1. The third kappa shape index (κ3) is 2.89. The summed E-state index contributed by atoms with van der Waals surface area (Å²) in [6.07, 6.45) is 0.554. The molecule has 1 aliphatic heterocycles. The first kappa shape index (κ1) is 12.9. The van der Waals surface area contributed by atoms with Crippen LogP contribution >= 0.6 is 0 Å². The van der Waals surface area contributed by atoms with E-state index in [-0.39, 0.29) is 11.8 Å².